The largest absolute Gasteiger partial charge is 0.336 e. The Bertz CT molecular complexity index is 677. The highest BCUT2D eigenvalue weighted by Gasteiger charge is 2.23. The molecule has 0 aliphatic carbocycles. The lowest BCUT2D eigenvalue weighted by atomic mass is 10.2. The van der Waals surface area contributed by atoms with Gasteiger partial charge in [-0.1, -0.05) is 6.07 Å². The van der Waals surface area contributed by atoms with Gasteiger partial charge in [0.15, 0.2) is 0 Å². The van der Waals surface area contributed by atoms with Gasteiger partial charge in [0.2, 0.25) is 5.91 Å². The lowest BCUT2D eigenvalue weighted by Crippen LogP contribution is -2.32. The molecule has 2 aromatic rings. The Morgan fingerprint density at radius 3 is 2.96 bits per heavy atom. The van der Waals surface area contributed by atoms with Crippen LogP contribution in [0.25, 0.3) is 0 Å². The monoisotopic (exact) mass is 346 g/mol. The summed E-state index contributed by atoms with van der Waals surface area (Å²) in [6.45, 7) is 7.64. The van der Waals surface area contributed by atoms with Gasteiger partial charge >= 0.3 is 0 Å². The molecule has 0 aromatic carbocycles. The Kier molecular flexibility index (Phi) is 5.36. The van der Waals surface area contributed by atoms with Gasteiger partial charge in [-0.25, -0.2) is 4.98 Å². The number of hydrogen-bond donors (Lipinski definition) is 0. The van der Waals surface area contributed by atoms with E-state index in [2.05, 4.69) is 35.3 Å². The number of rotatable bonds is 5. The van der Waals surface area contributed by atoms with Crippen LogP contribution in [0, 0.1) is 0 Å². The highest BCUT2D eigenvalue weighted by Crippen LogP contribution is 2.19. The summed E-state index contributed by atoms with van der Waals surface area (Å²) in [5.41, 5.74) is 2.29. The number of thiophene rings is 1. The predicted molar refractivity (Wildman–Crippen MR) is 96.9 cm³/mol. The second kappa shape index (κ2) is 7.49. The minimum Gasteiger partial charge on any atom is -0.336 e. The maximum atomic E-state index is 12.7. The fourth-order valence-electron chi connectivity index (χ4n) is 2.95. The first-order valence-corrected chi connectivity index (χ1v) is 9.46. The number of aromatic nitrogens is 2. The van der Waals surface area contributed by atoms with Gasteiger partial charge in [0.1, 0.15) is 0 Å². The van der Waals surface area contributed by atoms with E-state index in [9.17, 15) is 4.79 Å². The summed E-state index contributed by atoms with van der Waals surface area (Å²) in [6, 6.07) is 4.52. The number of fused-ring (bicyclic) bond motifs is 1. The lowest BCUT2D eigenvalue weighted by molar-refractivity contribution is -0.131. The average molecular weight is 347 g/mol. The first-order valence-electron chi connectivity index (χ1n) is 8.58. The summed E-state index contributed by atoms with van der Waals surface area (Å²) in [5, 5.41) is 2.03. The predicted octanol–water partition coefficient (Wildman–Crippen LogP) is 2.76. The maximum Gasteiger partial charge on any atom is 0.228 e. The van der Waals surface area contributed by atoms with E-state index < -0.39 is 0 Å². The first-order chi connectivity index (χ1) is 11.5. The third-order valence-corrected chi connectivity index (χ3v) is 5.62. The number of nitrogens with zero attached hydrogens (tertiary/aromatic N) is 4. The molecule has 0 saturated carbocycles. The van der Waals surface area contributed by atoms with Crippen LogP contribution in [0.4, 0.5) is 0 Å². The number of carbonyl (C=O) groups is 1. The molecule has 3 rings (SSSR count). The van der Waals surface area contributed by atoms with Crippen LogP contribution in [0.5, 0.6) is 0 Å². The average Bonchev–Trinajstić information content (AvgIpc) is 3.12. The van der Waals surface area contributed by atoms with Crippen molar-refractivity contribution in [3.63, 3.8) is 0 Å². The van der Waals surface area contributed by atoms with E-state index in [1.54, 1.807) is 11.3 Å². The highest BCUT2D eigenvalue weighted by molar-refractivity contribution is 7.10. The van der Waals surface area contributed by atoms with Crippen LogP contribution in [-0.4, -0.2) is 44.9 Å². The van der Waals surface area contributed by atoms with Crippen molar-refractivity contribution >= 4 is 17.2 Å². The molecule has 1 amide bonds. The van der Waals surface area contributed by atoms with E-state index in [1.165, 1.54) is 5.69 Å². The van der Waals surface area contributed by atoms with E-state index in [-0.39, 0.29) is 5.91 Å². The van der Waals surface area contributed by atoms with E-state index in [0.717, 1.165) is 36.6 Å². The lowest BCUT2D eigenvalue weighted by Gasteiger charge is -2.23. The van der Waals surface area contributed by atoms with Crippen LogP contribution < -0.4 is 0 Å². The van der Waals surface area contributed by atoms with E-state index >= 15 is 0 Å². The smallest absolute Gasteiger partial charge is 0.228 e. The van der Waals surface area contributed by atoms with Crippen LogP contribution in [-0.2, 0) is 30.8 Å². The van der Waals surface area contributed by atoms with Crippen molar-refractivity contribution in [1.82, 2.24) is 19.4 Å². The molecule has 5 nitrogen and oxygen atoms in total. The molecule has 1 aliphatic heterocycles. The minimum absolute atomic E-state index is 0.218. The van der Waals surface area contributed by atoms with Crippen LogP contribution in [0.15, 0.2) is 23.8 Å². The molecule has 0 radical (unpaired) electrons. The van der Waals surface area contributed by atoms with Crippen molar-refractivity contribution in [2.24, 2.45) is 0 Å². The van der Waals surface area contributed by atoms with Gasteiger partial charge in [-0.3, -0.25) is 9.69 Å². The molecular weight excluding hydrogens is 320 g/mol. The van der Waals surface area contributed by atoms with E-state index in [4.69, 9.17) is 0 Å². The molecule has 6 heteroatoms. The topological polar surface area (TPSA) is 41.4 Å². The van der Waals surface area contributed by atoms with E-state index in [0.29, 0.717) is 19.0 Å². The van der Waals surface area contributed by atoms with Crippen molar-refractivity contribution in [2.75, 3.05) is 13.6 Å². The first kappa shape index (κ1) is 17.2. The van der Waals surface area contributed by atoms with Crippen molar-refractivity contribution in [3.8, 4) is 0 Å². The Labute approximate surface area is 147 Å². The van der Waals surface area contributed by atoms with E-state index in [1.807, 2.05) is 28.7 Å². The summed E-state index contributed by atoms with van der Waals surface area (Å²) in [5.74, 6) is 0.218. The molecule has 130 valence electrons. The van der Waals surface area contributed by atoms with Crippen LogP contribution >= 0.6 is 11.3 Å². The standard InChI is InChI=1S/C18H26N4OS/c1-14(2)20(3)11-16-17-12-21(7-5-8-22(17)13-19-16)18(23)10-15-6-4-9-24-15/h4,6,9,13-14H,5,7-8,10-12H2,1-3H3. The third kappa shape index (κ3) is 3.87. The fraction of sp³-hybridized carbons (Fsp3) is 0.556. The third-order valence-electron chi connectivity index (χ3n) is 4.74. The van der Waals surface area contributed by atoms with Crippen molar-refractivity contribution in [1.29, 1.82) is 0 Å². The van der Waals surface area contributed by atoms with Crippen molar-refractivity contribution < 1.29 is 4.79 Å². The van der Waals surface area contributed by atoms with Gasteiger partial charge < -0.3 is 9.47 Å². The van der Waals surface area contributed by atoms with Gasteiger partial charge in [-0.2, -0.15) is 0 Å². The van der Waals surface area contributed by atoms with Gasteiger partial charge in [0.05, 0.1) is 30.7 Å². The fourth-order valence-corrected chi connectivity index (χ4v) is 3.65. The van der Waals surface area contributed by atoms with Crippen molar-refractivity contribution in [3.05, 3.63) is 40.1 Å². The maximum absolute atomic E-state index is 12.7. The van der Waals surface area contributed by atoms with Gasteiger partial charge in [-0.05, 0) is 38.8 Å². The SMILES string of the molecule is CC(C)N(C)Cc1ncn2c1CN(C(=O)Cc1cccs1)CCC2. The molecular formula is C18H26N4OS. The van der Waals surface area contributed by atoms with Gasteiger partial charge in [-0.15, -0.1) is 11.3 Å². The number of imidazole rings is 1. The zero-order valence-corrected chi connectivity index (χ0v) is 15.6. The highest BCUT2D eigenvalue weighted by atomic mass is 32.1. The molecule has 1 aliphatic rings. The quantitative estimate of drug-likeness (QED) is 0.836. The Morgan fingerprint density at radius 1 is 1.42 bits per heavy atom. The number of hydrogen-bond acceptors (Lipinski definition) is 4. The van der Waals surface area contributed by atoms with Crippen LogP contribution in [0.2, 0.25) is 0 Å². The second-order valence-corrected chi connectivity index (χ2v) is 7.80. The summed E-state index contributed by atoms with van der Waals surface area (Å²) in [7, 11) is 2.12. The number of amides is 1. The molecule has 24 heavy (non-hydrogen) atoms. The normalized spacial score (nSPS) is 15.0. The summed E-state index contributed by atoms with van der Waals surface area (Å²) in [4.78, 5) is 22.7. The Morgan fingerprint density at radius 2 is 2.25 bits per heavy atom. The summed E-state index contributed by atoms with van der Waals surface area (Å²) in [6.07, 6.45) is 3.43. The van der Waals surface area contributed by atoms with Gasteiger partial charge in [0, 0.05) is 30.6 Å². The molecule has 3 heterocycles. The molecule has 0 spiro atoms. The van der Waals surface area contributed by atoms with Crippen LogP contribution in [0.1, 0.15) is 36.5 Å². The Hall–Kier alpha value is -1.66. The molecule has 2 aromatic heterocycles. The summed E-state index contributed by atoms with van der Waals surface area (Å²) < 4.78 is 2.22. The number of carbonyl (C=O) groups excluding carboxylic acids is 1. The number of aryl methyl sites for hydroxylation is 1. The zero-order chi connectivity index (χ0) is 17.1. The minimum atomic E-state index is 0.218. The molecule has 0 N–H and O–H groups in total. The summed E-state index contributed by atoms with van der Waals surface area (Å²) >= 11 is 1.65. The van der Waals surface area contributed by atoms with Crippen LogP contribution in [0.3, 0.4) is 0 Å². The molecule has 0 unspecified atom stereocenters. The van der Waals surface area contributed by atoms with Crippen molar-refractivity contribution in [2.45, 2.75) is 52.4 Å². The van der Waals surface area contributed by atoms with Gasteiger partial charge in [0.25, 0.3) is 0 Å². The zero-order valence-electron chi connectivity index (χ0n) is 14.7. The molecule has 0 fully saturated rings. The Balaban J connectivity index is 1.74. The molecule has 0 atom stereocenters. The molecule has 0 saturated heterocycles. The molecule has 0 bridgehead atoms. The second-order valence-electron chi connectivity index (χ2n) is 6.77.